The van der Waals surface area contributed by atoms with Crippen molar-refractivity contribution in [2.24, 2.45) is 0 Å². The summed E-state index contributed by atoms with van der Waals surface area (Å²) in [6.07, 6.45) is 2.23. The van der Waals surface area contributed by atoms with Crippen molar-refractivity contribution in [3.8, 4) is 0 Å². The monoisotopic (exact) mass is 370 g/mol. The number of anilines is 1. The maximum absolute atomic E-state index is 12.8. The quantitative estimate of drug-likeness (QED) is 0.679. The lowest BCUT2D eigenvalue weighted by atomic mass is 10.1. The van der Waals surface area contributed by atoms with Crippen molar-refractivity contribution in [2.45, 2.75) is 33.1 Å². The Hall–Kier alpha value is -1.77. The van der Waals surface area contributed by atoms with Gasteiger partial charge in [-0.2, -0.15) is 0 Å². The van der Waals surface area contributed by atoms with E-state index < -0.39 is 16.7 Å². The summed E-state index contributed by atoms with van der Waals surface area (Å²) in [4.78, 5) is 26.0. The number of carbonyl (C=O) groups is 2. The Morgan fingerprint density at radius 2 is 1.72 bits per heavy atom. The van der Waals surface area contributed by atoms with Gasteiger partial charge in [0.15, 0.2) is 0 Å². The normalized spacial score (nSPS) is 17.4. The molecule has 1 heterocycles. The molecule has 2 rings (SSSR count). The van der Waals surface area contributed by atoms with Crippen molar-refractivity contribution >= 4 is 28.3 Å². The average molecular weight is 370 g/mol. The van der Waals surface area contributed by atoms with Crippen LogP contribution in [0.3, 0.4) is 0 Å². The number of carboxylic acids is 1. The molecule has 140 valence electrons. The van der Waals surface area contributed by atoms with E-state index in [-0.39, 0.29) is 22.8 Å². The zero-order valence-electron chi connectivity index (χ0n) is 14.6. The van der Waals surface area contributed by atoms with Gasteiger partial charge in [-0.3, -0.25) is 18.2 Å². The zero-order valence-corrected chi connectivity index (χ0v) is 15.5. The molecule has 3 N–H and O–H groups in total. The predicted molar refractivity (Wildman–Crippen MR) is 99.6 cm³/mol. The van der Waals surface area contributed by atoms with E-state index in [0.717, 1.165) is 12.8 Å². The number of amides is 1. The molecule has 1 aliphatic rings. The second kappa shape index (κ2) is 8.07. The second-order valence-corrected chi connectivity index (χ2v) is 8.27. The van der Waals surface area contributed by atoms with Crippen LogP contribution in [0.1, 0.15) is 53.8 Å². The molecule has 1 amide bonds. The van der Waals surface area contributed by atoms with Crippen LogP contribution in [-0.4, -0.2) is 56.4 Å². The standard InChI is InChI=1S/C17H26N2O5S/c1-3-6-18(7-4-2)16(20)13-10-14(17(21)22)12-15(11-13)19-8-5-9-25(19,23)24/h10-12,23-24H,3-9H2,1-2H3,(H,21,22). The lowest BCUT2D eigenvalue weighted by Gasteiger charge is -2.38. The summed E-state index contributed by atoms with van der Waals surface area (Å²) in [6.45, 7) is 5.58. The van der Waals surface area contributed by atoms with Crippen LogP contribution in [0.25, 0.3) is 0 Å². The molecule has 0 unspecified atom stereocenters. The SMILES string of the molecule is CCCN(CCC)C(=O)c1cc(C(=O)O)cc(N2CCCS2(O)O)c1. The van der Waals surface area contributed by atoms with E-state index in [0.29, 0.717) is 31.7 Å². The zero-order chi connectivity index (χ0) is 18.6. The molecule has 1 aromatic rings. The lowest BCUT2D eigenvalue weighted by Crippen LogP contribution is -2.33. The Bertz CT molecular complexity index is 644. The Balaban J connectivity index is 2.44. The molecule has 1 saturated heterocycles. The fraction of sp³-hybridized carbons (Fsp3) is 0.529. The van der Waals surface area contributed by atoms with Gasteiger partial charge in [-0.15, -0.1) is 10.8 Å². The summed E-state index contributed by atoms with van der Waals surface area (Å²) in [6, 6.07) is 4.31. The van der Waals surface area contributed by atoms with Crippen LogP contribution in [0, 0.1) is 0 Å². The Labute approximate surface area is 149 Å². The molecular formula is C17H26N2O5S. The number of rotatable bonds is 7. The molecule has 0 saturated carbocycles. The Morgan fingerprint density at radius 3 is 2.20 bits per heavy atom. The number of benzene rings is 1. The van der Waals surface area contributed by atoms with Gasteiger partial charge < -0.3 is 10.0 Å². The maximum Gasteiger partial charge on any atom is 0.335 e. The van der Waals surface area contributed by atoms with Crippen LogP contribution >= 0.6 is 10.8 Å². The van der Waals surface area contributed by atoms with Gasteiger partial charge >= 0.3 is 5.97 Å². The van der Waals surface area contributed by atoms with Crippen molar-refractivity contribution in [2.75, 3.05) is 29.7 Å². The van der Waals surface area contributed by atoms with Gasteiger partial charge in [0.1, 0.15) is 0 Å². The van der Waals surface area contributed by atoms with Gasteiger partial charge in [0.2, 0.25) is 0 Å². The van der Waals surface area contributed by atoms with Crippen molar-refractivity contribution in [1.29, 1.82) is 0 Å². The van der Waals surface area contributed by atoms with E-state index >= 15 is 0 Å². The first-order valence-corrected chi connectivity index (χ1v) is 10.2. The van der Waals surface area contributed by atoms with E-state index in [1.165, 1.54) is 16.4 Å². The number of hydrogen-bond acceptors (Lipinski definition) is 5. The van der Waals surface area contributed by atoms with Crippen LogP contribution in [0.5, 0.6) is 0 Å². The molecular weight excluding hydrogens is 344 g/mol. The first-order chi connectivity index (χ1) is 11.8. The third-order valence-electron chi connectivity index (χ3n) is 4.11. The third-order valence-corrected chi connectivity index (χ3v) is 6.04. The van der Waals surface area contributed by atoms with Crippen LogP contribution < -0.4 is 4.31 Å². The fourth-order valence-electron chi connectivity index (χ4n) is 3.00. The summed E-state index contributed by atoms with van der Waals surface area (Å²) >= 11 is 0. The molecule has 0 bridgehead atoms. The van der Waals surface area contributed by atoms with Crippen LogP contribution in [0.4, 0.5) is 5.69 Å². The molecule has 1 aliphatic heterocycles. The van der Waals surface area contributed by atoms with Gasteiger partial charge in [0.05, 0.1) is 17.0 Å². The molecule has 0 spiro atoms. The van der Waals surface area contributed by atoms with E-state index in [1.807, 2.05) is 13.8 Å². The van der Waals surface area contributed by atoms with Gasteiger partial charge in [0.25, 0.3) is 5.91 Å². The van der Waals surface area contributed by atoms with E-state index in [1.54, 1.807) is 11.0 Å². The first-order valence-electron chi connectivity index (χ1n) is 8.51. The topological polar surface area (TPSA) is 101 Å². The minimum Gasteiger partial charge on any atom is -0.478 e. The van der Waals surface area contributed by atoms with Crippen LogP contribution in [0.15, 0.2) is 18.2 Å². The summed E-state index contributed by atoms with van der Waals surface area (Å²) in [5, 5.41) is 9.37. The molecule has 1 fully saturated rings. The maximum atomic E-state index is 12.8. The minimum atomic E-state index is -2.95. The summed E-state index contributed by atoms with van der Waals surface area (Å²) in [7, 11) is -2.95. The van der Waals surface area contributed by atoms with Crippen molar-refractivity contribution in [3.05, 3.63) is 29.3 Å². The third kappa shape index (κ3) is 4.45. The second-order valence-electron chi connectivity index (χ2n) is 6.16. The Morgan fingerprint density at radius 1 is 1.12 bits per heavy atom. The lowest BCUT2D eigenvalue weighted by molar-refractivity contribution is 0.0697. The number of hydrogen-bond donors (Lipinski definition) is 3. The van der Waals surface area contributed by atoms with E-state index in [9.17, 15) is 23.8 Å². The highest BCUT2D eigenvalue weighted by Crippen LogP contribution is 2.51. The van der Waals surface area contributed by atoms with Crippen LogP contribution in [0.2, 0.25) is 0 Å². The van der Waals surface area contributed by atoms with E-state index in [2.05, 4.69) is 0 Å². The Kier molecular flexibility index (Phi) is 6.31. The smallest absolute Gasteiger partial charge is 0.335 e. The van der Waals surface area contributed by atoms with E-state index in [4.69, 9.17) is 0 Å². The molecule has 0 aliphatic carbocycles. The largest absolute Gasteiger partial charge is 0.478 e. The summed E-state index contributed by atoms with van der Waals surface area (Å²) in [5.74, 6) is -1.13. The van der Waals surface area contributed by atoms with Gasteiger partial charge in [-0.1, -0.05) is 13.8 Å². The molecule has 0 atom stereocenters. The van der Waals surface area contributed by atoms with Gasteiger partial charge in [-0.05, 0) is 37.5 Å². The number of carbonyl (C=O) groups excluding carboxylic acids is 1. The highest BCUT2D eigenvalue weighted by molar-refractivity contribution is 8.25. The highest BCUT2D eigenvalue weighted by Gasteiger charge is 2.30. The number of aromatic carboxylic acids is 1. The molecule has 8 heteroatoms. The molecule has 7 nitrogen and oxygen atoms in total. The fourth-order valence-corrected chi connectivity index (χ4v) is 4.60. The van der Waals surface area contributed by atoms with Gasteiger partial charge in [-0.25, -0.2) is 4.79 Å². The molecule has 0 radical (unpaired) electrons. The minimum absolute atomic E-state index is 0.0316. The van der Waals surface area contributed by atoms with Crippen molar-refractivity contribution in [1.82, 2.24) is 4.90 Å². The molecule has 1 aromatic carbocycles. The summed E-state index contributed by atoms with van der Waals surface area (Å²) in [5.41, 5.74) is 0.600. The van der Waals surface area contributed by atoms with Crippen molar-refractivity contribution < 1.29 is 23.8 Å². The number of carboxylic acid groups (broad SMARTS) is 1. The number of nitrogens with zero attached hydrogens (tertiary/aromatic N) is 2. The predicted octanol–water partition coefficient (Wildman–Crippen LogP) is 3.52. The van der Waals surface area contributed by atoms with Crippen molar-refractivity contribution in [3.63, 3.8) is 0 Å². The molecule has 25 heavy (non-hydrogen) atoms. The highest BCUT2D eigenvalue weighted by atomic mass is 32.3. The van der Waals surface area contributed by atoms with Crippen LogP contribution in [-0.2, 0) is 0 Å². The van der Waals surface area contributed by atoms with Gasteiger partial charge in [0, 0.05) is 25.2 Å². The first kappa shape index (κ1) is 19.6. The average Bonchev–Trinajstić information content (AvgIpc) is 2.92. The summed E-state index contributed by atoms with van der Waals surface area (Å²) < 4.78 is 21.7. The molecule has 0 aromatic heterocycles.